The molecule has 0 bridgehead atoms. The lowest BCUT2D eigenvalue weighted by Gasteiger charge is -2.15. The van der Waals surface area contributed by atoms with E-state index in [0.29, 0.717) is 18.7 Å². The van der Waals surface area contributed by atoms with Crippen molar-refractivity contribution in [1.82, 2.24) is 24.6 Å². The van der Waals surface area contributed by atoms with E-state index in [-0.39, 0.29) is 5.75 Å². The molecule has 2 aromatic carbocycles. The Hall–Kier alpha value is -3.45. The second kappa shape index (κ2) is 8.73. The summed E-state index contributed by atoms with van der Waals surface area (Å²) in [4.78, 5) is 9.81. The minimum atomic E-state index is -0.407. The number of aromatic amines is 1. The number of para-hydroxylation sites is 1. The summed E-state index contributed by atoms with van der Waals surface area (Å²) in [5, 5.41) is 4.83. The van der Waals surface area contributed by atoms with Crippen LogP contribution in [-0.2, 0) is 13.1 Å². The minimum Gasteiger partial charge on any atom is -0.494 e. The first-order chi connectivity index (χ1) is 14.9. The second-order valence-electron chi connectivity index (χ2n) is 7.77. The molecule has 0 saturated heterocycles. The molecule has 0 amide bonds. The Morgan fingerprint density at radius 1 is 1.13 bits per heavy atom. The number of nitrogens with zero attached hydrogens (tertiary/aromatic N) is 4. The van der Waals surface area contributed by atoms with Crippen LogP contribution in [0.25, 0.3) is 16.9 Å². The smallest absolute Gasteiger partial charge is 0.165 e. The maximum atomic E-state index is 14.4. The standard InChI is InChI=1S/C24H26FN5O/c1-16-7-5-6-8-21(16)30-14-19(13-29(3)15-23-26-12-17(2)27-23)24(28-30)18-9-10-22(31-4)20(25)11-18/h5-12,14H,13,15H2,1-4H3,(H,26,27). The predicted octanol–water partition coefficient (Wildman–Crippen LogP) is 4.66. The summed E-state index contributed by atoms with van der Waals surface area (Å²) < 4.78 is 21.4. The number of nitrogens with one attached hydrogen (secondary N) is 1. The average Bonchev–Trinajstić information content (AvgIpc) is 3.34. The molecule has 4 rings (SSSR count). The van der Waals surface area contributed by atoms with Gasteiger partial charge in [-0.1, -0.05) is 18.2 Å². The average molecular weight is 420 g/mol. The molecule has 160 valence electrons. The number of aromatic nitrogens is 4. The first kappa shape index (κ1) is 20.8. The van der Waals surface area contributed by atoms with Gasteiger partial charge in [-0.05, 0) is 50.7 Å². The van der Waals surface area contributed by atoms with Crippen LogP contribution in [0.15, 0.2) is 54.9 Å². The molecular weight excluding hydrogens is 393 g/mol. The zero-order valence-corrected chi connectivity index (χ0v) is 18.2. The molecule has 1 N–H and O–H groups in total. The summed E-state index contributed by atoms with van der Waals surface area (Å²) in [5.41, 5.74) is 5.59. The van der Waals surface area contributed by atoms with E-state index in [2.05, 4.69) is 27.9 Å². The Bertz CT molecular complexity index is 1200. The van der Waals surface area contributed by atoms with E-state index in [4.69, 9.17) is 9.84 Å². The first-order valence-corrected chi connectivity index (χ1v) is 10.1. The van der Waals surface area contributed by atoms with E-state index in [9.17, 15) is 4.39 Å². The summed E-state index contributed by atoms with van der Waals surface area (Å²) in [6.07, 6.45) is 3.84. The number of benzene rings is 2. The number of imidazole rings is 1. The fraction of sp³-hybridized carbons (Fsp3) is 0.250. The number of halogens is 1. The molecule has 6 nitrogen and oxygen atoms in total. The maximum Gasteiger partial charge on any atom is 0.165 e. The molecule has 0 spiro atoms. The first-order valence-electron chi connectivity index (χ1n) is 10.1. The van der Waals surface area contributed by atoms with Gasteiger partial charge in [-0.3, -0.25) is 4.90 Å². The van der Waals surface area contributed by atoms with Crippen LogP contribution in [0.1, 0.15) is 22.6 Å². The van der Waals surface area contributed by atoms with Gasteiger partial charge < -0.3 is 9.72 Å². The van der Waals surface area contributed by atoms with Crippen LogP contribution in [0.2, 0.25) is 0 Å². The second-order valence-corrected chi connectivity index (χ2v) is 7.77. The van der Waals surface area contributed by atoms with Crippen molar-refractivity contribution >= 4 is 0 Å². The number of hydrogen-bond acceptors (Lipinski definition) is 4. The highest BCUT2D eigenvalue weighted by atomic mass is 19.1. The van der Waals surface area contributed by atoms with E-state index in [1.165, 1.54) is 13.2 Å². The molecule has 0 atom stereocenters. The lowest BCUT2D eigenvalue weighted by Crippen LogP contribution is -2.18. The summed E-state index contributed by atoms with van der Waals surface area (Å²) in [6.45, 7) is 5.34. The number of aryl methyl sites for hydroxylation is 2. The third-order valence-corrected chi connectivity index (χ3v) is 5.19. The molecule has 0 aliphatic carbocycles. The van der Waals surface area contributed by atoms with E-state index in [0.717, 1.165) is 34.0 Å². The van der Waals surface area contributed by atoms with Crippen molar-refractivity contribution in [2.24, 2.45) is 0 Å². The molecule has 2 aromatic heterocycles. The largest absolute Gasteiger partial charge is 0.494 e. The summed E-state index contributed by atoms with van der Waals surface area (Å²) in [6, 6.07) is 13.0. The van der Waals surface area contributed by atoms with Gasteiger partial charge in [0.2, 0.25) is 0 Å². The molecule has 31 heavy (non-hydrogen) atoms. The van der Waals surface area contributed by atoms with E-state index >= 15 is 0 Å². The predicted molar refractivity (Wildman–Crippen MR) is 119 cm³/mol. The SMILES string of the molecule is COc1ccc(-c2nn(-c3ccccc3C)cc2CN(C)Cc2ncc(C)[nH]2)cc1F. The van der Waals surface area contributed by atoms with E-state index in [1.807, 2.05) is 55.3 Å². The van der Waals surface area contributed by atoms with Crippen molar-refractivity contribution in [3.63, 3.8) is 0 Å². The van der Waals surface area contributed by atoms with Crippen molar-refractivity contribution in [3.05, 3.63) is 83.3 Å². The Labute approximate surface area is 181 Å². The third-order valence-electron chi connectivity index (χ3n) is 5.19. The van der Waals surface area contributed by atoms with Crippen molar-refractivity contribution in [1.29, 1.82) is 0 Å². The normalized spacial score (nSPS) is 11.3. The quantitative estimate of drug-likeness (QED) is 0.473. The van der Waals surface area contributed by atoms with Gasteiger partial charge in [-0.25, -0.2) is 14.1 Å². The number of hydrogen-bond donors (Lipinski definition) is 1. The fourth-order valence-electron chi connectivity index (χ4n) is 3.68. The Balaban J connectivity index is 1.71. The van der Waals surface area contributed by atoms with Crippen molar-refractivity contribution in [2.45, 2.75) is 26.9 Å². The van der Waals surface area contributed by atoms with Crippen LogP contribution in [0.3, 0.4) is 0 Å². The van der Waals surface area contributed by atoms with Gasteiger partial charge in [0.25, 0.3) is 0 Å². The number of methoxy groups -OCH3 is 1. The highest BCUT2D eigenvalue weighted by molar-refractivity contribution is 5.64. The molecule has 0 saturated carbocycles. The fourth-order valence-corrected chi connectivity index (χ4v) is 3.68. The lowest BCUT2D eigenvalue weighted by molar-refractivity contribution is 0.312. The molecule has 4 aromatic rings. The molecule has 0 fully saturated rings. The van der Waals surface area contributed by atoms with Gasteiger partial charge in [0.05, 0.1) is 25.0 Å². The van der Waals surface area contributed by atoms with Crippen LogP contribution in [0.4, 0.5) is 4.39 Å². The topological polar surface area (TPSA) is 59.0 Å². The Morgan fingerprint density at radius 2 is 1.94 bits per heavy atom. The Kier molecular flexibility index (Phi) is 5.86. The molecule has 0 aliphatic rings. The molecule has 0 aliphatic heterocycles. The Morgan fingerprint density at radius 3 is 2.61 bits per heavy atom. The maximum absolute atomic E-state index is 14.4. The van der Waals surface area contributed by atoms with Crippen LogP contribution < -0.4 is 4.74 Å². The van der Waals surface area contributed by atoms with Gasteiger partial charge in [0.15, 0.2) is 11.6 Å². The van der Waals surface area contributed by atoms with Crippen molar-refractivity contribution in [2.75, 3.05) is 14.2 Å². The van der Waals surface area contributed by atoms with E-state index < -0.39 is 5.82 Å². The monoisotopic (exact) mass is 419 g/mol. The highest BCUT2D eigenvalue weighted by Gasteiger charge is 2.17. The van der Waals surface area contributed by atoms with Gasteiger partial charge in [0.1, 0.15) is 5.82 Å². The van der Waals surface area contributed by atoms with Gasteiger partial charge >= 0.3 is 0 Å². The molecular formula is C24H26FN5O. The lowest BCUT2D eigenvalue weighted by atomic mass is 10.1. The third kappa shape index (κ3) is 4.51. The zero-order valence-electron chi connectivity index (χ0n) is 18.2. The van der Waals surface area contributed by atoms with Crippen molar-refractivity contribution in [3.8, 4) is 22.7 Å². The summed E-state index contributed by atoms with van der Waals surface area (Å²) in [5.74, 6) is 0.716. The summed E-state index contributed by atoms with van der Waals surface area (Å²) in [7, 11) is 3.49. The number of rotatable bonds is 7. The van der Waals surface area contributed by atoms with Gasteiger partial charge in [0, 0.05) is 35.8 Å². The highest BCUT2D eigenvalue weighted by Crippen LogP contribution is 2.29. The van der Waals surface area contributed by atoms with Crippen LogP contribution >= 0.6 is 0 Å². The van der Waals surface area contributed by atoms with Gasteiger partial charge in [-0.2, -0.15) is 5.10 Å². The number of H-pyrrole nitrogens is 1. The van der Waals surface area contributed by atoms with Crippen molar-refractivity contribution < 1.29 is 9.13 Å². The van der Waals surface area contributed by atoms with Crippen LogP contribution in [0, 0.1) is 19.7 Å². The molecule has 7 heteroatoms. The molecule has 2 heterocycles. The molecule has 0 radical (unpaired) electrons. The van der Waals surface area contributed by atoms with Crippen LogP contribution in [-0.4, -0.2) is 38.8 Å². The van der Waals surface area contributed by atoms with Gasteiger partial charge in [-0.15, -0.1) is 0 Å². The van der Waals surface area contributed by atoms with E-state index in [1.54, 1.807) is 6.07 Å². The van der Waals surface area contributed by atoms with Crippen LogP contribution in [0.5, 0.6) is 5.75 Å². The number of ether oxygens (including phenoxy) is 1. The minimum absolute atomic E-state index is 0.217. The summed E-state index contributed by atoms with van der Waals surface area (Å²) >= 11 is 0. The molecule has 0 unspecified atom stereocenters. The zero-order chi connectivity index (χ0) is 22.0.